The maximum Gasteiger partial charge on any atom is 0.244 e. The number of hydrogen-bond donors (Lipinski definition) is 1. The Labute approximate surface area is 119 Å². The summed E-state index contributed by atoms with van der Waals surface area (Å²) in [4.78, 5) is 14.8. The lowest BCUT2D eigenvalue weighted by atomic mass is 9.93. The zero-order valence-electron chi connectivity index (χ0n) is 11.5. The summed E-state index contributed by atoms with van der Waals surface area (Å²) in [5, 5.41) is 3.45. The number of benzene rings is 1. The topological polar surface area (TPSA) is 41.6 Å². The van der Waals surface area contributed by atoms with Crippen LogP contribution in [0.1, 0.15) is 19.3 Å². The van der Waals surface area contributed by atoms with E-state index in [2.05, 4.69) is 5.32 Å². The van der Waals surface area contributed by atoms with E-state index in [4.69, 9.17) is 4.74 Å². The molecule has 4 nitrogen and oxygen atoms in total. The molecule has 3 atom stereocenters. The number of ether oxygens (including phenoxy) is 1. The van der Waals surface area contributed by atoms with Crippen molar-refractivity contribution in [3.05, 3.63) is 24.3 Å². The Morgan fingerprint density at radius 1 is 1.30 bits per heavy atom. The van der Waals surface area contributed by atoms with Crippen LogP contribution in [-0.4, -0.2) is 31.6 Å². The lowest BCUT2D eigenvalue weighted by Crippen LogP contribution is -2.49. The predicted molar refractivity (Wildman–Crippen MR) is 76.9 cm³/mol. The standard InChI is InChI=1S/C16H20N2O2/c19-16(15-12-5-3-4-11(12)10-17-15)18-8-9-20-14-7-2-1-6-13(14)18/h1-2,6-7,11-12,15,17H,3-5,8-10H2. The fraction of sp³-hybridized carbons (Fsp3) is 0.562. The van der Waals surface area contributed by atoms with E-state index in [9.17, 15) is 4.79 Å². The molecule has 1 saturated carbocycles. The molecule has 0 aromatic heterocycles. The molecule has 0 spiro atoms. The van der Waals surface area contributed by atoms with Crippen molar-refractivity contribution in [3.63, 3.8) is 0 Å². The van der Waals surface area contributed by atoms with Crippen LogP contribution in [0.3, 0.4) is 0 Å². The monoisotopic (exact) mass is 272 g/mol. The molecule has 0 radical (unpaired) electrons. The summed E-state index contributed by atoms with van der Waals surface area (Å²) in [6, 6.07) is 7.85. The molecule has 1 N–H and O–H groups in total. The lowest BCUT2D eigenvalue weighted by Gasteiger charge is -2.32. The third-order valence-electron chi connectivity index (χ3n) is 5.01. The predicted octanol–water partition coefficient (Wildman–Crippen LogP) is 1.80. The highest BCUT2D eigenvalue weighted by Crippen LogP contribution is 2.39. The molecule has 1 aromatic carbocycles. The molecule has 2 fully saturated rings. The van der Waals surface area contributed by atoms with Gasteiger partial charge >= 0.3 is 0 Å². The molecule has 0 bridgehead atoms. The third kappa shape index (κ3) is 1.82. The van der Waals surface area contributed by atoms with E-state index in [0.29, 0.717) is 25.0 Å². The van der Waals surface area contributed by atoms with Gasteiger partial charge in [0.1, 0.15) is 12.4 Å². The highest BCUT2D eigenvalue weighted by atomic mass is 16.5. The number of nitrogens with one attached hydrogen (secondary N) is 1. The molecule has 4 heteroatoms. The number of carbonyl (C=O) groups is 1. The first kappa shape index (κ1) is 12.2. The highest BCUT2D eigenvalue weighted by molar-refractivity contribution is 5.99. The number of rotatable bonds is 1. The van der Waals surface area contributed by atoms with Crippen LogP contribution in [0.2, 0.25) is 0 Å². The molecular formula is C16H20N2O2. The summed E-state index contributed by atoms with van der Waals surface area (Å²) >= 11 is 0. The summed E-state index contributed by atoms with van der Waals surface area (Å²) in [7, 11) is 0. The van der Waals surface area contributed by atoms with Gasteiger partial charge in [-0.3, -0.25) is 4.79 Å². The molecule has 20 heavy (non-hydrogen) atoms. The summed E-state index contributed by atoms with van der Waals surface area (Å²) in [6.07, 6.45) is 3.75. The SMILES string of the molecule is O=C(C1NCC2CCCC21)N1CCOc2ccccc21. The van der Waals surface area contributed by atoms with E-state index < -0.39 is 0 Å². The van der Waals surface area contributed by atoms with Crippen molar-refractivity contribution in [2.45, 2.75) is 25.3 Å². The second kappa shape index (κ2) is 4.77. The van der Waals surface area contributed by atoms with Crippen molar-refractivity contribution in [3.8, 4) is 5.75 Å². The second-order valence-corrected chi connectivity index (χ2v) is 6.05. The van der Waals surface area contributed by atoms with Crippen molar-refractivity contribution in [1.82, 2.24) is 5.32 Å². The van der Waals surface area contributed by atoms with Gasteiger partial charge in [-0.05, 0) is 43.4 Å². The van der Waals surface area contributed by atoms with Crippen molar-refractivity contribution >= 4 is 11.6 Å². The Balaban J connectivity index is 1.60. The molecule has 106 valence electrons. The Kier molecular flexibility index (Phi) is 2.91. The first-order chi connectivity index (χ1) is 9.84. The van der Waals surface area contributed by atoms with Gasteiger partial charge in [-0.2, -0.15) is 0 Å². The molecule has 2 heterocycles. The molecule has 1 aliphatic carbocycles. The van der Waals surface area contributed by atoms with E-state index in [-0.39, 0.29) is 11.9 Å². The number of amides is 1. The zero-order chi connectivity index (χ0) is 13.5. The molecule has 1 saturated heterocycles. The van der Waals surface area contributed by atoms with Crippen LogP contribution < -0.4 is 15.0 Å². The molecule has 3 unspecified atom stereocenters. The Morgan fingerprint density at radius 2 is 2.20 bits per heavy atom. The van der Waals surface area contributed by atoms with Crippen LogP contribution in [0.5, 0.6) is 5.75 Å². The van der Waals surface area contributed by atoms with Crippen LogP contribution in [0, 0.1) is 11.8 Å². The summed E-state index contributed by atoms with van der Waals surface area (Å²) in [6.45, 7) is 2.25. The largest absolute Gasteiger partial charge is 0.490 e. The minimum Gasteiger partial charge on any atom is -0.490 e. The fourth-order valence-electron chi connectivity index (χ4n) is 4.02. The second-order valence-electron chi connectivity index (χ2n) is 6.05. The lowest BCUT2D eigenvalue weighted by molar-refractivity contribution is -0.121. The van der Waals surface area contributed by atoms with Crippen LogP contribution >= 0.6 is 0 Å². The number of anilines is 1. The van der Waals surface area contributed by atoms with Crippen molar-refractivity contribution in [1.29, 1.82) is 0 Å². The van der Waals surface area contributed by atoms with Gasteiger partial charge in [-0.1, -0.05) is 18.6 Å². The van der Waals surface area contributed by atoms with Gasteiger partial charge in [0, 0.05) is 0 Å². The molecule has 3 aliphatic rings. The van der Waals surface area contributed by atoms with E-state index in [1.54, 1.807) is 0 Å². The molecule has 1 aromatic rings. The molecule has 4 rings (SSSR count). The summed E-state index contributed by atoms with van der Waals surface area (Å²) < 4.78 is 5.64. The first-order valence-electron chi connectivity index (χ1n) is 7.61. The number of hydrogen-bond acceptors (Lipinski definition) is 3. The fourth-order valence-corrected chi connectivity index (χ4v) is 4.02. The molecule has 2 aliphatic heterocycles. The van der Waals surface area contributed by atoms with Crippen molar-refractivity contribution < 1.29 is 9.53 Å². The van der Waals surface area contributed by atoms with Crippen LogP contribution in [-0.2, 0) is 4.79 Å². The number of nitrogens with zero attached hydrogens (tertiary/aromatic N) is 1. The third-order valence-corrected chi connectivity index (χ3v) is 5.01. The van der Waals surface area contributed by atoms with Crippen LogP contribution in [0.15, 0.2) is 24.3 Å². The van der Waals surface area contributed by atoms with E-state index >= 15 is 0 Å². The smallest absolute Gasteiger partial charge is 0.244 e. The number of carbonyl (C=O) groups excluding carboxylic acids is 1. The van der Waals surface area contributed by atoms with Crippen LogP contribution in [0.4, 0.5) is 5.69 Å². The van der Waals surface area contributed by atoms with Gasteiger partial charge in [0.05, 0.1) is 18.3 Å². The Hall–Kier alpha value is -1.55. The van der Waals surface area contributed by atoms with E-state index in [1.165, 1.54) is 19.3 Å². The zero-order valence-corrected chi connectivity index (χ0v) is 11.5. The van der Waals surface area contributed by atoms with Gasteiger partial charge in [0.15, 0.2) is 0 Å². The highest BCUT2D eigenvalue weighted by Gasteiger charge is 2.44. The van der Waals surface area contributed by atoms with Crippen molar-refractivity contribution in [2.75, 3.05) is 24.6 Å². The summed E-state index contributed by atoms with van der Waals surface area (Å²) in [5.74, 6) is 2.31. The normalized spacial score (nSPS) is 31.6. The van der Waals surface area contributed by atoms with Gasteiger partial charge < -0.3 is 15.0 Å². The van der Waals surface area contributed by atoms with Gasteiger partial charge in [-0.25, -0.2) is 0 Å². The summed E-state index contributed by atoms with van der Waals surface area (Å²) in [5.41, 5.74) is 0.923. The minimum absolute atomic E-state index is 0.00801. The Morgan fingerprint density at radius 3 is 3.15 bits per heavy atom. The quantitative estimate of drug-likeness (QED) is 0.847. The Bertz CT molecular complexity index is 531. The maximum absolute atomic E-state index is 12.9. The minimum atomic E-state index is 0.00801. The number of fused-ring (bicyclic) bond motifs is 2. The average molecular weight is 272 g/mol. The average Bonchev–Trinajstić information content (AvgIpc) is 3.09. The van der Waals surface area contributed by atoms with Gasteiger partial charge in [0.25, 0.3) is 0 Å². The van der Waals surface area contributed by atoms with E-state index in [0.717, 1.165) is 18.0 Å². The van der Waals surface area contributed by atoms with Crippen LogP contribution in [0.25, 0.3) is 0 Å². The first-order valence-corrected chi connectivity index (χ1v) is 7.61. The molecule has 1 amide bonds. The van der Waals surface area contributed by atoms with E-state index in [1.807, 2.05) is 29.2 Å². The van der Waals surface area contributed by atoms with Gasteiger partial charge in [0.2, 0.25) is 5.91 Å². The number of para-hydroxylation sites is 2. The van der Waals surface area contributed by atoms with Gasteiger partial charge in [-0.15, -0.1) is 0 Å². The maximum atomic E-state index is 12.9. The van der Waals surface area contributed by atoms with Crippen molar-refractivity contribution in [2.24, 2.45) is 11.8 Å². The molecular weight excluding hydrogens is 252 g/mol.